The van der Waals surface area contributed by atoms with Gasteiger partial charge in [0.25, 0.3) is 6.47 Å². The van der Waals surface area contributed by atoms with Gasteiger partial charge in [-0.3, -0.25) is 4.79 Å². The first-order chi connectivity index (χ1) is 7.22. The molecule has 0 aromatic carbocycles. The normalized spacial score (nSPS) is 22.0. The fourth-order valence-electron chi connectivity index (χ4n) is 2.81. The van der Waals surface area contributed by atoms with Crippen molar-refractivity contribution in [3.05, 3.63) is 0 Å². The predicted octanol–water partition coefficient (Wildman–Crippen LogP) is 3.54. The summed E-state index contributed by atoms with van der Waals surface area (Å²) in [6.45, 7) is 4.82. The van der Waals surface area contributed by atoms with E-state index in [1.807, 2.05) is 6.92 Å². The van der Waals surface area contributed by atoms with E-state index in [0.717, 1.165) is 12.3 Å². The number of carbonyl (C=O) groups is 1. The summed E-state index contributed by atoms with van der Waals surface area (Å²) in [5.74, 6) is 1.61. The molecule has 0 heterocycles. The van der Waals surface area contributed by atoms with Crippen molar-refractivity contribution in [1.29, 1.82) is 0 Å². The molecule has 2 nitrogen and oxygen atoms in total. The molecule has 1 fully saturated rings. The number of rotatable bonds is 6. The minimum atomic E-state index is 0.0843. The van der Waals surface area contributed by atoms with Crippen molar-refractivity contribution in [3.63, 3.8) is 0 Å². The first-order valence-electron chi connectivity index (χ1n) is 6.31. The van der Waals surface area contributed by atoms with Crippen molar-refractivity contribution in [2.75, 3.05) is 0 Å². The minimum absolute atomic E-state index is 0.0843. The first-order valence-corrected chi connectivity index (χ1v) is 6.31. The average molecular weight is 212 g/mol. The van der Waals surface area contributed by atoms with Crippen molar-refractivity contribution in [2.24, 2.45) is 11.8 Å². The summed E-state index contributed by atoms with van der Waals surface area (Å²) >= 11 is 0. The van der Waals surface area contributed by atoms with Crippen LogP contribution in [0.4, 0.5) is 0 Å². The third-order valence-electron chi connectivity index (χ3n) is 3.48. The van der Waals surface area contributed by atoms with E-state index in [2.05, 4.69) is 6.92 Å². The van der Waals surface area contributed by atoms with Gasteiger partial charge in [-0.05, 0) is 31.6 Å². The molecule has 0 saturated heterocycles. The van der Waals surface area contributed by atoms with Crippen LogP contribution >= 0.6 is 0 Å². The van der Waals surface area contributed by atoms with Gasteiger partial charge in [-0.1, -0.05) is 39.0 Å². The Morgan fingerprint density at radius 3 is 2.53 bits per heavy atom. The third-order valence-corrected chi connectivity index (χ3v) is 3.48. The molecule has 1 saturated carbocycles. The smallest absolute Gasteiger partial charge is 0.293 e. The summed E-state index contributed by atoms with van der Waals surface area (Å²) in [6, 6.07) is 0. The number of hydrogen-bond donors (Lipinski definition) is 0. The van der Waals surface area contributed by atoms with E-state index >= 15 is 0 Å². The lowest BCUT2D eigenvalue weighted by atomic mass is 9.82. The van der Waals surface area contributed by atoms with E-state index in [0.29, 0.717) is 12.4 Å². The number of hydrogen-bond acceptors (Lipinski definition) is 2. The Morgan fingerprint density at radius 1 is 1.27 bits per heavy atom. The molecule has 0 amide bonds. The van der Waals surface area contributed by atoms with Crippen LogP contribution in [-0.2, 0) is 9.53 Å². The molecule has 1 aliphatic carbocycles. The molecular formula is C13H24O2. The Balaban J connectivity index is 2.16. The molecular weight excluding hydrogens is 188 g/mol. The molecule has 2 atom stereocenters. The lowest BCUT2D eigenvalue weighted by Gasteiger charge is -2.25. The van der Waals surface area contributed by atoms with Crippen molar-refractivity contribution in [2.45, 2.75) is 64.9 Å². The van der Waals surface area contributed by atoms with E-state index in [9.17, 15) is 4.79 Å². The molecule has 2 heteroatoms. The summed E-state index contributed by atoms with van der Waals surface area (Å²) in [5, 5.41) is 0. The maximum absolute atomic E-state index is 10.2. The molecule has 1 aliphatic rings. The quantitative estimate of drug-likeness (QED) is 0.629. The molecule has 88 valence electrons. The van der Waals surface area contributed by atoms with Crippen LogP contribution in [0.25, 0.3) is 0 Å². The molecule has 0 radical (unpaired) electrons. The molecule has 0 aliphatic heterocycles. The number of ether oxygens (including phenoxy) is 1. The van der Waals surface area contributed by atoms with Crippen molar-refractivity contribution in [3.8, 4) is 0 Å². The zero-order valence-electron chi connectivity index (χ0n) is 10.1. The van der Waals surface area contributed by atoms with Crippen molar-refractivity contribution in [1.82, 2.24) is 0 Å². The van der Waals surface area contributed by atoms with Gasteiger partial charge in [-0.15, -0.1) is 0 Å². The highest BCUT2D eigenvalue weighted by Gasteiger charge is 2.18. The van der Waals surface area contributed by atoms with E-state index in [1.54, 1.807) is 0 Å². The van der Waals surface area contributed by atoms with Crippen LogP contribution < -0.4 is 0 Å². The summed E-state index contributed by atoms with van der Waals surface area (Å²) in [6.07, 6.45) is 9.48. The zero-order valence-corrected chi connectivity index (χ0v) is 10.1. The molecule has 1 rings (SSSR count). The standard InChI is InChI=1S/C13H24O2/c1-11(8-12(2)15-10-14)9-13-6-4-3-5-7-13/h10-13H,3-9H2,1-2H3. The second-order valence-electron chi connectivity index (χ2n) is 5.12. The van der Waals surface area contributed by atoms with E-state index in [-0.39, 0.29) is 6.10 Å². The Morgan fingerprint density at radius 2 is 1.93 bits per heavy atom. The molecule has 0 spiro atoms. The van der Waals surface area contributed by atoms with Gasteiger partial charge in [0.15, 0.2) is 0 Å². The SMILES string of the molecule is CC(CC1CCCCC1)CC(C)OC=O. The second-order valence-corrected chi connectivity index (χ2v) is 5.12. The van der Waals surface area contributed by atoms with E-state index in [4.69, 9.17) is 4.74 Å². The summed E-state index contributed by atoms with van der Waals surface area (Å²) < 4.78 is 4.92. The van der Waals surface area contributed by atoms with Gasteiger partial charge in [0.05, 0.1) is 6.10 Å². The Hall–Kier alpha value is -0.530. The topological polar surface area (TPSA) is 26.3 Å². The van der Waals surface area contributed by atoms with Crippen molar-refractivity contribution < 1.29 is 9.53 Å². The average Bonchev–Trinajstić information content (AvgIpc) is 2.19. The summed E-state index contributed by atoms with van der Waals surface area (Å²) in [4.78, 5) is 10.2. The van der Waals surface area contributed by atoms with Crippen molar-refractivity contribution >= 4 is 6.47 Å². The molecule has 0 aromatic rings. The predicted molar refractivity (Wildman–Crippen MR) is 61.6 cm³/mol. The fraction of sp³-hybridized carbons (Fsp3) is 0.923. The maximum atomic E-state index is 10.2. The van der Waals surface area contributed by atoms with E-state index in [1.165, 1.54) is 38.5 Å². The largest absolute Gasteiger partial charge is 0.465 e. The second kappa shape index (κ2) is 6.86. The molecule has 0 bridgehead atoms. The fourth-order valence-corrected chi connectivity index (χ4v) is 2.81. The Kier molecular flexibility index (Phi) is 5.74. The molecule has 2 unspecified atom stereocenters. The highest BCUT2D eigenvalue weighted by molar-refractivity contribution is 5.37. The van der Waals surface area contributed by atoms with Gasteiger partial charge in [-0.25, -0.2) is 0 Å². The van der Waals surface area contributed by atoms with Crippen LogP contribution in [0.2, 0.25) is 0 Å². The van der Waals surface area contributed by atoms with Crippen LogP contribution in [0.3, 0.4) is 0 Å². The van der Waals surface area contributed by atoms with Crippen LogP contribution in [-0.4, -0.2) is 12.6 Å². The Labute approximate surface area is 93.4 Å². The van der Waals surface area contributed by atoms with Gasteiger partial charge in [-0.2, -0.15) is 0 Å². The molecule has 15 heavy (non-hydrogen) atoms. The van der Waals surface area contributed by atoms with E-state index < -0.39 is 0 Å². The monoisotopic (exact) mass is 212 g/mol. The number of carbonyl (C=O) groups excluding carboxylic acids is 1. The third kappa shape index (κ3) is 5.19. The van der Waals surface area contributed by atoms with Crippen LogP contribution in [0, 0.1) is 11.8 Å². The van der Waals surface area contributed by atoms with Gasteiger partial charge in [0, 0.05) is 0 Å². The maximum Gasteiger partial charge on any atom is 0.293 e. The van der Waals surface area contributed by atoms with Crippen LogP contribution in [0.5, 0.6) is 0 Å². The van der Waals surface area contributed by atoms with Gasteiger partial charge >= 0.3 is 0 Å². The molecule has 0 aromatic heterocycles. The molecule has 0 N–H and O–H groups in total. The Bertz CT molecular complexity index is 173. The van der Waals surface area contributed by atoms with Crippen LogP contribution in [0.15, 0.2) is 0 Å². The highest BCUT2D eigenvalue weighted by Crippen LogP contribution is 2.30. The summed E-state index contributed by atoms with van der Waals surface area (Å²) in [5.41, 5.74) is 0. The van der Waals surface area contributed by atoms with Gasteiger partial charge in [0.2, 0.25) is 0 Å². The summed E-state index contributed by atoms with van der Waals surface area (Å²) in [7, 11) is 0. The first kappa shape index (κ1) is 12.5. The minimum Gasteiger partial charge on any atom is -0.465 e. The van der Waals surface area contributed by atoms with Gasteiger partial charge in [0.1, 0.15) is 0 Å². The zero-order chi connectivity index (χ0) is 11.1. The highest BCUT2D eigenvalue weighted by atomic mass is 16.5. The van der Waals surface area contributed by atoms with Gasteiger partial charge < -0.3 is 4.74 Å². The lowest BCUT2D eigenvalue weighted by Crippen LogP contribution is -2.16. The van der Waals surface area contributed by atoms with Crippen LogP contribution in [0.1, 0.15) is 58.8 Å². The lowest BCUT2D eigenvalue weighted by molar-refractivity contribution is -0.133.